The Hall–Kier alpha value is -0.710. The van der Waals surface area contributed by atoms with E-state index in [-0.39, 0.29) is 18.3 Å². The van der Waals surface area contributed by atoms with Gasteiger partial charge in [-0.15, -0.1) is 24.2 Å². The summed E-state index contributed by atoms with van der Waals surface area (Å²) in [5.74, 6) is 2.88. The van der Waals surface area contributed by atoms with Gasteiger partial charge >= 0.3 is 0 Å². The number of carbonyl (C=O) groups is 1. The third-order valence-corrected chi connectivity index (χ3v) is 6.27. The standard InChI is InChI=1S/C18H26N2OS.ClH/c1-14(13-22-17-5-3-2-4-6-17)18(21)20-9-7-15-11-19-12-16(15)8-10-20;/h2-6,14-16,19H,7-13H2,1H3;1H/t14?,15-,16+;. The Morgan fingerprint density at radius 2 is 1.83 bits per heavy atom. The molecule has 0 bridgehead atoms. The predicted octanol–water partition coefficient (Wildman–Crippen LogP) is 3.29. The molecule has 2 aliphatic rings. The molecule has 2 fully saturated rings. The van der Waals surface area contributed by atoms with E-state index in [1.807, 2.05) is 6.07 Å². The Kier molecular flexibility index (Phi) is 7.25. The molecule has 2 saturated heterocycles. The first kappa shape index (κ1) is 18.6. The van der Waals surface area contributed by atoms with Crippen molar-refractivity contribution >= 4 is 30.1 Å². The number of fused-ring (bicyclic) bond motifs is 1. The van der Waals surface area contributed by atoms with Crippen LogP contribution in [-0.2, 0) is 4.79 Å². The fraction of sp³-hybridized carbons (Fsp3) is 0.611. The van der Waals surface area contributed by atoms with E-state index >= 15 is 0 Å². The number of carbonyl (C=O) groups excluding carboxylic acids is 1. The van der Waals surface area contributed by atoms with Crippen molar-refractivity contribution in [1.29, 1.82) is 0 Å². The highest BCUT2D eigenvalue weighted by atomic mass is 35.5. The highest BCUT2D eigenvalue weighted by Crippen LogP contribution is 2.28. The molecule has 3 atom stereocenters. The van der Waals surface area contributed by atoms with Crippen LogP contribution in [0.5, 0.6) is 0 Å². The number of amides is 1. The molecule has 2 aliphatic heterocycles. The van der Waals surface area contributed by atoms with E-state index in [9.17, 15) is 4.79 Å². The zero-order valence-electron chi connectivity index (χ0n) is 13.7. The molecule has 1 amide bonds. The summed E-state index contributed by atoms with van der Waals surface area (Å²) in [6, 6.07) is 10.4. The van der Waals surface area contributed by atoms with Gasteiger partial charge in [-0.1, -0.05) is 25.1 Å². The quantitative estimate of drug-likeness (QED) is 0.842. The molecule has 1 N–H and O–H groups in total. The largest absolute Gasteiger partial charge is 0.342 e. The molecule has 3 nitrogen and oxygen atoms in total. The van der Waals surface area contributed by atoms with E-state index in [1.165, 1.54) is 17.7 Å². The summed E-state index contributed by atoms with van der Waals surface area (Å²) in [5, 5.41) is 3.49. The van der Waals surface area contributed by atoms with Crippen molar-refractivity contribution in [2.75, 3.05) is 31.9 Å². The number of nitrogens with one attached hydrogen (secondary N) is 1. The minimum atomic E-state index is 0. The summed E-state index contributed by atoms with van der Waals surface area (Å²) in [5.41, 5.74) is 0. The summed E-state index contributed by atoms with van der Waals surface area (Å²) in [6.07, 6.45) is 2.34. The summed E-state index contributed by atoms with van der Waals surface area (Å²) in [4.78, 5) is 16.1. The van der Waals surface area contributed by atoms with Gasteiger partial charge in [-0.2, -0.15) is 0 Å². The predicted molar refractivity (Wildman–Crippen MR) is 99.2 cm³/mol. The second kappa shape index (κ2) is 8.95. The monoisotopic (exact) mass is 354 g/mol. The molecule has 3 rings (SSSR count). The van der Waals surface area contributed by atoms with Crippen molar-refractivity contribution < 1.29 is 4.79 Å². The highest BCUT2D eigenvalue weighted by Gasteiger charge is 2.32. The van der Waals surface area contributed by atoms with Gasteiger partial charge in [0.15, 0.2) is 0 Å². The smallest absolute Gasteiger partial charge is 0.226 e. The fourth-order valence-electron chi connectivity index (χ4n) is 3.56. The van der Waals surface area contributed by atoms with Crippen molar-refractivity contribution in [3.63, 3.8) is 0 Å². The molecule has 23 heavy (non-hydrogen) atoms. The molecular formula is C18H27ClN2OS. The average Bonchev–Trinajstić information content (AvgIpc) is 2.91. The first-order valence-electron chi connectivity index (χ1n) is 8.41. The minimum Gasteiger partial charge on any atom is -0.342 e. The van der Waals surface area contributed by atoms with Crippen LogP contribution in [0, 0.1) is 17.8 Å². The molecule has 1 aromatic rings. The lowest BCUT2D eigenvalue weighted by Crippen LogP contribution is -2.37. The summed E-state index contributed by atoms with van der Waals surface area (Å²) < 4.78 is 0. The van der Waals surface area contributed by atoms with Gasteiger partial charge in [0.2, 0.25) is 5.91 Å². The summed E-state index contributed by atoms with van der Waals surface area (Å²) >= 11 is 1.79. The van der Waals surface area contributed by atoms with Crippen molar-refractivity contribution in [2.45, 2.75) is 24.7 Å². The van der Waals surface area contributed by atoms with Gasteiger partial charge in [-0.05, 0) is 49.9 Å². The van der Waals surface area contributed by atoms with Crippen LogP contribution in [-0.4, -0.2) is 42.7 Å². The number of thioether (sulfide) groups is 1. The van der Waals surface area contributed by atoms with Gasteiger partial charge in [0.25, 0.3) is 0 Å². The maximum Gasteiger partial charge on any atom is 0.226 e. The maximum atomic E-state index is 12.7. The van der Waals surface area contributed by atoms with Crippen LogP contribution in [0.4, 0.5) is 0 Å². The first-order valence-corrected chi connectivity index (χ1v) is 9.40. The number of nitrogens with zero attached hydrogens (tertiary/aromatic N) is 1. The van der Waals surface area contributed by atoms with Gasteiger partial charge < -0.3 is 10.2 Å². The number of hydrogen-bond acceptors (Lipinski definition) is 3. The van der Waals surface area contributed by atoms with Gasteiger partial charge in [0.05, 0.1) is 0 Å². The maximum absolute atomic E-state index is 12.7. The molecule has 1 aromatic carbocycles. The van der Waals surface area contributed by atoms with E-state index in [2.05, 4.69) is 41.4 Å². The van der Waals surface area contributed by atoms with Gasteiger partial charge in [-0.3, -0.25) is 4.79 Å². The van der Waals surface area contributed by atoms with Gasteiger partial charge in [0.1, 0.15) is 0 Å². The molecule has 0 radical (unpaired) electrons. The van der Waals surface area contributed by atoms with Gasteiger partial charge in [0, 0.05) is 29.7 Å². The second-order valence-corrected chi connectivity index (χ2v) is 7.70. The molecular weight excluding hydrogens is 328 g/mol. The van der Waals surface area contributed by atoms with E-state index in [1.54, 1.807) is 11.8 Å². The van der Waals surface area contributed by atoms with Crippen LogP contribution < -0.4 is 5.32 Å². The molecule has 128 valence electrons. The third kappa shape index (κ3) is 4.88. The molecule has 1 unspecified atom stereocenters. The number of likely N-dealkylation sites (tertiary alicyclic amines) is 1. The number of rotatable bonds is 4. The first-order chi connectivity index (χ1) is 10.7. The van der Waals surface area contributed by atoms with Crippen molar-refractivity contribution in [2.24, 2.45) is 17.8 Å². The van der Waals surface area contributed by atoms with Crippen LogP contribution in [0.2, 0.25) is 0 Å². The summed E-state index contributed by atoms with van der Waals surface area (Å²) in [6.45, 7) is 6.26. The Morgan fingerprint density at radius 3 is 2.43 bits per heavy atom. The molecule has 5 heteroatoms. The van der Waals surface area contributed by atoms with E-state index in [0.29, 0.717) is 5.91 Å². The molecule has 0 aromatic heterocycles. The summed E-state index contributed by atoms with van der Waals surface area (Å²) in [7, 11) is 0. The van der Waals surface area contributed by atoms with Crippen LogP contribution in [0.1, 0.15) is 19.8 Å². The molecule has 0 spiro atoms. The van der Waals surface area contributed by atoms with Crippen LogP contribution >= 0.6 is 24.2 Å². The number of benzene rings is 1. The Morgan fingerprint density at radius 1 is 1.22 bits per heavy atom. The molecule has 0 aliphatic carbocycles. The van der Waals surface area contributed by atoms with Crippen LogP contribution in [0.3, 0.4) is 0 Å². The average molecular weight is 355 g/mol. The number of hydrogen-bond donors (Lipinski definition) is 1. The van der Waals surface area contributed by atoms with E-state index in [0.717, 1.165) is 43.8 Å². The fourth-order valence-corrected chi connectivity index (χ4v) is 4.49. The van der Waals surface area contributed by atoms with Gasteiger partial charge in [-0.25, -0.2) is 0 Å². The lowest BCUT2D eigenvalue weighted by atomic mass is 9.92. The minimum absolute atomic E-state index is 0. The molecule has 2 heterocycles. The molecule has 0 saturated carbocycles. The zero-order chi connectivity index (χ0) is 15.4. The lowest BCUT2D eigenvalue weighted by molar-refractivity contribution is -0.134. The van der Waals surface area contributed by atoms with E-state index < -0.39 is 0 Å². The normalized spacial score (nSPS) is 25.2. The highest BCUT2D eigenvalue weighted by molar-refractivity contribution is 7.99. The SMILES string of the molecule is CC(CSc1ccccc1)C(=O)N1CC[C@@H]2CNC[C@@H]2CC1.Cl. The Balaban J connectivity index is 0.00000192. The van der Waals surface area contributed by atoms with Crippen molar-refractivity contribution in [3.05, 3.63) is 30.3 Å². The second-order valence-electron chi connectivity index (χ2n) is 6.61. The van der Waals surface area contributed by atoms with Crippen molar-refractivity contribution in [3.8, 4) is 0 Å². The topological polar surface area (TPSA) is 32.3 Å². The third-order valence-electron chi connectivity index (χ3n) is 5.00. The Bertz CT molecular complexity index is 485. The van der Waals surface area contributed by atoms with Crippen molar-refractivity contribution in [1.82, 2.24) is 10.2 Å². The number of halogens is 1. The lowest BCUT2D eigenvalue weighted by Gasteiger charge is -2.24. The van der Waals surface area contributed by atoms with Crippen LogP contribution in [0.15, 0.2) is 35.2 Å². The zero-order valence-corrected chi connectivity index (χ0v) is 15.4. The van der Waals surface area contributed by atoms with Crippen LogP contribution in [0.25, 0.3) is 0 Å². The Labute approximate surface area is 150 Å². The van der Waals surface area contributed by atoms with E-state index in [4.69, 9.17) is 0 Å².